The molecule has 2 aromatic carbocycles. The molecule has 0 aromatic heterocycles. The third kappa shape index (κ3) is 4.56. The van der Waals surface area contributed by atoms with E-state index in [2.05, 4.69) is 0 Å². The maximum absolute atomic E-state index is 12.0. The Kier molecular flexibility index (Phi) is 5.26. The van der Waals surface area contributed by atoms with Crippen molar-refractivity contribution >= 4 is 15.8 Å². The van der Waals surface area contributed by atoms with E-state index in [1.807, 2.05) is 0 Å². The van der Waals surface area contributed by atoms with E-state index in [1.54, 1.807) is 60.7 Å². The molecule has 0 amide bonds. The van der Waals surface area contributed by atoms with Crippen molar-refractivity contribution in [2.24, 2.45) is 0 Å². The Balaban J connectivity index is 0.000000399. The van der Waals surface area contributed by atoms with Crippen molar-refractivity contribution in [1.82, 2.24) is 0 Å². The Morgan fingerprint density at radius 3 is 1.37 bits per heavy atom. The smallest absolute Gasteiger partial charge is 0.300 e. The quantitative estimate of drug-likeness (QED) is 0.916. The number of carbonyl (C=O) groups is 1. The Bertz CT molecular complexity index is 570. The van der Waals surface area contributed by atoms with E-state index in [0.717, 1.165) is 6.92 Å². The van der Waals surface area contributed by atoms with Crippen LogP contribution in [0.2, 0.25) is 0 Å². The van der Waals surface area contributed by atoms with E-state index in [-0.39, 0.29) is 0 Å². The van der Waals surface area contributed by atoms with Crippen LogP contribution in [0.4, 0.5) is 0 Å². The van der Waals surface area contributed by atoms with Crippen molar-refractivity contribution in [3.8, 4) is 0 Å². The first kappa shape index (κ1) is 14.9. The SMILES string of the molecule is CC(=O)O.O=S(=O)(c1ccccc1)c1ccccc1. The highest BCUT2D eigenvalue weighted by atomic mass is 32.2. The molecule has 0 heterocycles. The van der Waals surface area contributed by atoms with Gasteiger partial charge in [0.2, 0.25) is 9.84 Å². The van der Waals surface area contributed by atoms with Gasteiger partial charge in [0.1, 0.15) is 0 Å². The molecular weight excluding hydrogens is 264 g/mol. The third-order valence-corrected chi connectivity index (χ3v) is 3.89. The Morgan fingerprint density at radius 1 is 0.842 bits per heavy atom. The van der Waals surface area contributed by atoms with E-state index in [4.69, 9.17) is 9.90 Å². The minimum Gasteiger partial charge on any atom is -0.481 e. The van der Waals surface area contributed by atoms with E-state index in [9.17, 15) is 8.42 Å². The number of carboxylic acids is 1. The average Bonchev–Trinajstić information content (AvgIpc) is 2.40. The Morgan fingerprint density at radius 2 is 1.11 bits per heavy atom. The fourth-order valence-corrected chi connectivity index (χ4v) is 2.64. The van der Waals surface area contributed by atoms with Gasteiger partial charge in [0, 0.05) is 6.92 Å². The van der Waals surface area contributed by atoms with Gasteiger partial charge >= 0.3 is 0 Å². The molecule has 0 unspecified atom stereocenters. The van der Waals surface area contributed by atoms with Gasteiger partial charge in [-0.1, -0.05) is 36.4 Å². The van der Waals surface area contributed by atoms with Gasteiger partial charge in [0.25, 0.3) is 5.97 Å². The molecule has 0 aliphatic carbocycles. The summed E-state index contributed by atoms with van der Waals surface area (Å²) in [6.07, 6.45) is 0. The fourth-order valence-electron chi connectivity index (χ4n) is 1.34. The van der Waals surface area contributed by atoms with Crippen molar-refractivity contribution in [1.29, 1.82) is 0 Å². The highest BCUT2D eigenvalue weighted by Crippen LogP contribution is 2.19. The first-order valence-electron chi connectivity index (χ1n) is 5.49. The maximum Gasteiger partial charge on any atom is 0.300 e. The minimum absolute atomic E-state index is 0.330. The van der Waals surface area contributed by atoms with Crippen LogP contribution in [-0.2, 0) is 14.6 Å². The topological polar surface area (TPSA) is 71.4 Å². The zero-order valence-corrected chi connectivity index (χ0v) is 11.2. The summed E-state index contributed by atoms with van der Waals surface area (Å²) in [5.74, 6) is -0.833. The molecule has 0 saturated heterocycles. The van der Waals surface area contributed by atoms with Gasteiger partial charge in [-0.2, -0.15) is 0 Å². The summed E-state index contributed by atoms with van der Waals surface area (Å²) < 4.78 is 24.1. The molecule has 0 atom stereocenters. The lowest BCUT2D eigenvalue weighted by atomic mass is 10.4. The molecular formula is C14H14O4S. The number of aliphatic carboxylic acids is 1. The number of hydrogen-bond donors (Lipinski definition) is 1. The molecule has 0 aliphatic rings. The Hall–Kier alpha value is -2.14. The first-order valence-corrected chi connectivity index (χ1v) is 6.97. The van der Waals surface area contributed by atoms with Crippen molar-refractivity contribution in [3.63, 3.8) is 0 Å². The van der Waals surface area contributed by atoms with Crippen LogP contribution >= 0.6 is 0 Å². The van der Waals surface area contributed by atoms with Crippen LogP contribution in [0.25, 0.3) is 0 Å². The number of carboxylic acid groups (broad SMARTS) is 1. The van der Waals surface area contributed by atoms with E-state index in [1.165, 1.54) is 0 Å². The lowest BCUT2D eigenvalue weighted by molar-refractivity contribution is -0.134. The number of benzene rings is 2. The van der Waals surface area contributed by atoms with E-state index in [0.29, 0.717) is 9.79 Å². The maximum atomic E-state index is 12.0. The molecule has 100 valence electrons. The summed E-state index contributed by atoms with van der Waals surface area (Å²) >= 11 is 0. The summed E-state index contributed by atoms with van der Waals surface area (Å²) in [6.45, 7) is 1.08. The highest BCUT2D eigenvalue weighted by molar-refractivity contribution is 7.91. The molecule has 0 fully saturated rings. The van der Waals surface area contributed by atoms with Crippen LogP contribution in [0.3, 0.4) is 0 Å². The van der Waals surface area contributed by atoms with E-state index < -0.39 is 15.8 Å². The van der Waals surface area contributed by atoms with Crippen LogP contribution < -0.4 is 0 Å². The summed E-state index contributed by atoms with van der Waals surface area (Å²) in [4.78, 5) is 9.66. The molecule has 19 heavy (non-hydrogen) atoms. The molecule has 4 nitrogen and oxygen atoms in total. The highest BCUT2D eigenvalue weighted by Gasteiger charge is 2.15. The minimum atomic E-state index is -3.34. The molecule has 0 radical (unpaired) electrons. The van der Waals surface area contributed by atoms with Crippen LogP contribution in [0.15, 0.2) is 70.5 Å². The molecule has 5 heteroatoms. The second kappa shape index (κ2) is 6.70. The third-order valence-electron chi connectivity index (χ3n) is 2.11. The van der Waals surface area contributed by atoms with Crippen molar-refractivity contribution in [3.05, 3.63) is 60.7 Å². The van der Waals surface area contributed by atoms with Crippen LogP contribution in [0.5, 0.6) is 0 Å². The summed E-state index contributed by atoms with van der Waals surface area (Å²) in [5.41, 5.74) is 0. The van der Waals surface area contributed by atoms with Gasteiger partial charge in [0.05, 0.1) is 9.79 Å². The van der Waals surface area contributed by atoms with Crippen LogP contribution in [0.1, 0.15) is 6.92 Å². The zero-order chi connectivity index (χ0) is 14.3. The van der Waals surface area contributed by atoms with Crippen LogP contribution in [-0.4, -0.2) is 19.5 Å². The molecule has 0 aliphatic heterocycles. The summed E-state index contributed by atoms with van der Waals surface area (Å²) in [5, 5.41) is 7.42. The summed E-state index contributed by atoms with van der Waals surface area (Å²) in [7, 11) is -3.34. The number of hydrogen-bond acceptors (Lipinski definition) is 3. The average molecular weight is 278 g/mol. The molecule has 2 rings (SSSR count). The first-order chi connectivity index (χ1) is 8.94. The largest absolute Gasteiger partial charge is 0.481 e. The predicted octanol–water partition coefficient (Wildman–Crippen LogP) is 2.61. The standard InChI is InChI=1S/C12H10O2S.C2H4O2/c13-15(14,11-7-3-1-4-8-11)12-9-5-2-6-10-12;1-2(3)4/h1-10H;1H3,(H,3,4). The fraction of sp³-hybridized carbons (Fsp3) is 0.0714. The van der Waals surface area contributed by atoms with Crippen LogP contribution in [0, 0.1) is 0 Å². The predicted molar refractivity (Wildman–Crippen MR) is 71.6 cm³/mol. The van der Waals surface area contributed by atoms with Gasteiger partial charge < -0.3 is 5.11 Å². The molecule has 0 saturated carbocycles. The van der Waals surface area contributed by atoms with Crippen molar-refractivity contribution < 1.29 is 18.3 Å². The van der Waals surface area contributed by atoms with E-state index >= 15 is 0 Å². The lowest BCUT2D eigenvalue weighted by Crippen LogP contribution is -2.00. The number of sulfone groups is 1. The van der Waals surface area contributed by atoms with Crippen molar-refractivity contribution in [2.75, 3.05) is 0 Å². The monoisotopic (exact) mass is 278 g/mol. The molecule has 0 bridgehead atoms. The molecule has 1 N–H and O–H groups in total. The van der Waals surface area contributed by atoms with Gasteiger partial charge in [-0.15, -0.1) is 0 Å². The second-order valence-electron chi connectivity index (χ2n) is 3.65. The molecule has 0 spiro atoms. The van der Waals surface area contributed by atoms with Gasteiger partial charge in [-0.05, 0) is 24.3 Å². The molecule has 2 aromatic rings. The zero-order valence-electron chi connectivity index (χ0n) is 10.4. The van der Waals surface area contributed by atoms with Crippen molar-refractivity contribution in [2.45, 2.75) is 16.7 Å². The second-order valence-corrected chi connectivity index (χ2v) is 5.60. The van der Waals surface area contributed by atoms with Gasteiger partial charge in [-0.25, -0.2) is 8.42 Å². The summed E-state index contributed by atoms with van der Waals surface area (Å²) in [6, 6.07) is 16.9. The normalized spacial score (nSPS) is 10.2. The lowest BCUT2D eigenvalue weighted by Gasteiger charge is -2.03. The Labute approximate surface area is 112 Å². The van der Waals surface area contributed by atoms with Gasteiger partial charge in [-0.3, -0.25) is 4.79 Å². The number of rotatable bonds is 2. The van der Waals surface area contributed by atoms with Gasteiger partial charge in [0.15, 0.2) is 0 Å².